The van der Waals surface area contributed by atoms with E-state index in [4.69, 9.17) is 9.84 Å². The lowest BCUT2D eigenvalue weighted by Crippen LogP contribution is -2.54. The summed E-state index contributed by atoms with van der Waals surface area (Å²) < 4.78 is 5.34. The van der Waals surface area contributed by atoms with E-state index in [9.17, 15) is 9.59 Å². The van der Waals surface area contributed by atoms with Gasteiger partial charge in [0.1, 0.15) is 5.75 Å². The quantitative estimate of drug-likeness (QED) is 0.861. The van der Waals surface area contributed by atoms with Crippen molar-refractivity contribution in [3.8, 4) is 5.75 Å². The molecule has 1 aromatic carbocycles. The second kappa shape index (κ2) is 5.08. The SMILES string of the molecule is Cc1ccc(OCC(=O)N2CC(C(=O)O)C2)cc1. The van der Waals surface area contributed by atoms with Crippen LogP contribution in [0.3, 0.4) is 0 Å². The molecule has 2 rings (SSSR count). The molecule has 1 aromatic rings. The first kappa shape index (κ1) is 12.4. The summed E-state index contributed by atoms with van der Waals surface area (Å²) in [5, 5.41) is 8.70. The number of amides is 1. The predicted molar refractivity (Wildman–Crippen MR) is 64.4 cm³/mol. The van der Waals surface area contributed by atoms with Crippen molar-refractivity contribution < 1.29 is 19.4 Å². The third kappa shape index (κ3) is 2.80. The minimum Gasteiger partial charge on any atom is -0.484 e. The summed E-state index contributed by atoms with van der Waals surface area (Å²) in [6.07, 6.45) is 0. The number of carboxylic acid groups (broad SMARTS) is 1. The van der Waals surface area contributed by atoms with E-state index in [0.717, 1.165) is 5.56 Å². The van der Waals surface area contributed by atoms with Crippen molar-refractivity contribution in [3.63, 3.8) is 0 Å². The number of ether oxygens (including phenoxy) is 1. The highest BCUT2D eigenvalue weighted by molar-refractivity contribution is 5.82. The van der Waals surface area contributed by atoms with E-state index in [-0.39, 0.29) is 25.6 Å². The molecule has 0 saturated carbocycles. The van der Waals surface area contributed by atoms with Crippen LogP contribution in [0.25, 0.3) is 0 Å². The van der Waals surface area contributed by atoms with E-state index in [0.29, 0.717) is 5.75 Å². The second-order valence-corrected chi connectivity index (χ2v) is 4.44. The van der Waals surface area contributed by atoms with Crippen molar-refractivity contribution in [3.05, 3.63) is 29.8 Å². The van der Waals surface area contributed by atoms with Crippen LogP contribution in [0, 0.1) is 12.8 Å². The average molecular weight is 249 g/mol. The molecule has 1 aliphatic rings. The first-order chi connectivity index (χ1) is 8.56. The monoisotopic (exact) mass is 249 g/mol. The van der Waals surface area contributed by atoms with Crippen LogP contribution in [-0.2, 0) is 9.59 Å². The van der Waals surface area contributed by atoms with Crippen LogP contribution in [0.4, 0.5) is 0 Å². The molecule has 1 N–H and O–H groups in total. The summed E-state index contributed by atoms with van der Waals surface area (Å²) in [6.45, 7) is 2.49. The number of carboxylic acids is 1. The van der Waals surface area contributed by atoms with Gasteiger partial charge in [-0.1, -0.05) is 17.7 Å². The Bertz CT molecular complexity index is 449. The molecule has 96 valence electrons. The molecule has 1 saturated heterocycles. The maximum absolute atomic E-state index is 11.6. The highest BCUT2D eigenvalue weighted by atomic mass is 16.5. The molecule has 0 aliphatic carbocycles. The van der Waals surface area contributed by atoms with Gasteiger partial charge in [0.25, 0.3) is 5.91 Å². The Balaban J connectivity index is 1.76. The average Bonchev–Trinajstić information content (AvgIpc) is 2.25. The number of nitrogens with zero attached hydrogens (tertiary/aromatic N) is 1. The normalized spacial score (nSPS) is 15.1. The fourth-order valence-corrected chi connectivity index (χ4v) is 1.71. The molecule has 0 spiro atoms. The van der Waals surface area contributed by atoms with E-state index in [1.54, 1.807) is 12.1 Å². The summed E-state index contributed by atoms with van der Waals surface area (Å²) in [4.78, 5) is 23.7. The predicted octanol–water partition coefficient (Wildman–Crippen LogP) is 0.917. The van der Waals surface area contributed by atoms with Gasteiger partial charge in [0.15, 0.2) is 6.61 Å². The van der Waals surface area contributed by atoms with Gasteiger partial charge in [0, 0.05) is 13.1 Å². The van der Waals surface area contributed by atoms with Crippen molar-refractivity contribution in [2.75, 3.05) is 19.7 Å². The van der Waals surface area contributed by atoms with Gasteiger partial charge in [-0.15, -0.1) is 0 Å². The van der Waals surface area contributed by atoms with Crippen LogP contribution in [0.15, 0.2) is 24.3 Å². The number of benzene rings is 1. The van der Waals surface area contributed by atoms with E-state index in [1.807, 2.05) is 19.1 Å². The van der Waals surface area contributed by atoms with E-state index in [2.05, 4.69) is 0 Å². The molecule has 5 heteroatoms. The smallest absolute Gasteiger partial charge is 0.310 e. The van der Waals surface area contributed by atoms with Crippen molar-refractivity contribution >= 4 is 11.9 Å². The first-order valence-electron chi connectivity index (χ1n) is 5.76. The lowest BCUT2D eigenvalue weighted by Gasteiger charge is -2.36. The molecular weight excluding hydrogens is 234 g/mol. The Morgan fingerprint density at radius 1 is 1.33 bits per heavy atom. The number of aliphatic carboxylic acids is 1. The van der Waals surface area contributed by atoms with Crippen LogP contribution in [0.1, 0.15) is 5.56 Å². The van der Waals surface area contributed by atoms with Gasteiger partial charge >= 0.3 is 5.97 Å². The van der Waals surface area contributed by atoms with Crippen LogP contribution < -0.4 is 4.74 Å². The van der Waals surface area contributed by atoms with Gasteiger partial charge in [-0.2, -0.15) is 0 Å². The van der Waals surface area contributed by atoms with Crippen LogP contribution in [-0.4, -0.2) is 41.6 Å². The topological polar surface area (TPSA) is 66.8 Å². The maximum Gasteiger partial charge on any atom is 0.310 e. The highest BCUT2D eigenvalue weighted by Crippen LogP contribution is 2.16. The number of aryl methyl sites for hydroxylation is 1. The van der Waals surface area contributed by atoms with Crippen LogP contribution >= 0.6 is 0 Å². The van der Waals surface area contributed by atoms with Gasteiger partial charge in [0.05, 0.1) is 5.92 Å². The summed E-state index contributed by atoms with van der Waals surface area (Å²) in [5.41, 5.74) is 1.13. The summed E-state index contributed by atoms with van der Waals surface area (Å²) >= 11 is 0. The number of hydrogen-bond acceptors (Lipinski definition) is 3. The molecule has 0 bridgehead atoms. The van der Waals surface area contributed by atoms with Crippen LogP contribution in [0.2, 0.25) is 0 Å². The number of carbonyl (C=O) groups is 2. The minimum atomic E-state index is -0.849. The van der Waals surface area contributed by atoms with E-state index < -0.39 is 11.9 Å². The van der Waals surface area contributed by atoms with E-state index >= 15 is 0 Å². The zero-order valence-electron chi connectivity index (χ0n) is 10.1. The summed E-state index contributed by atoms with van der Waals surface area (Å²) in [7, 11) is 0. The second-order valence-electron chi connectivity index (χ2n) is 4.44. The van der Waals surface area contributed by atoms with Crippen LogP contribution in [0.5, 0.6) is 5.75 Å². The minimum absolute atomic E-state index is 0.0462. The number of carbonyl (C=O) groups excluding carboxylic acids is 1. The Morgan fingerprint density at radius 3 is 2.50 bits per heavy atom. The first-order valence-corrected chi connectivity index (χ1v) is 5.76. The van der Waals surface area contributed by atoms with Crippen molar-refractivity contribution in [1.82, 2.24) is 4.90 Å². The Labute approximate surface area is 105 Å². The van der Waals surface area contributed by atoms with Crippen molar-refractivity contribution in [1.29, 1.82) is 0 Å². The molecule has 0 radical (unpaired) electrons. The highest BCUT2D eigenvalue weighted by Gasteiger charge is 2.35. The lowest BCUT2D eigenvalue weighted by molar-refractivity contribution is -0.153. The standard InChI is InChI=1S/C13H15NO4/c1-9-2-4-11(5-3-9)18-8-12(15)14-6-10(7-14)13(16)17/h2-5,10H,6-8H2,1H3,(H,16,17). The third-order valence-electron chi connectivity index (χ3n) is 2.97. The Hall–Kier alpha value is -2.04. The van der Waals surface area contributed by atoms with Crippen molar-refractivity contribution in [2.45, 2.75) is 6.92 Å². The maximum atomic E-state index is 11.6. The Morgan fingerprint density at radius 2 is 1.94 bits per heavy atom. The largest absolute Gasteiger partial charge is 0.484 e. The number of hydrogen-bond donors (Lipinski definition) is 1. The molecule has 0 aromatic heterocycles. The number of rotatable bonds is 4. The molecule has 1 fully saturated rings. The van der Waals surface area contributed by atoms with Gasteiger partial charge < -0.3 is 14.7 Å². The van der Waals surface area contributed by atoms with E-state index in [1.165, 1.54) is 4.90 Å². The summed E-state index contributed by atoms with van der Waals surface area (Å²) in [6, 6.07) is 7.42. The zero-order valence-corrected chi connectivity index (χ0v) is 10.1. The fourth-order valence-electron chi connectivity index (χ4n) is 1.71. The molecule has 18 heavy (non-hydrogen) atoms. The molecule has 0 unspecified atom stereocenters. The van der Waals surface area contributed by atoms with Crippen molar-refractivity contribution in [2.24, 2.45) is 5.92 Å². The molecule has 5 nitrogen and oxygen atoms in total. The molecule has 1 aliphatic heterocycles. The lowest BCUT2D eigenvalue weighted by atomic mass is 10.0. The molecule has 1 amide bonds. The zero-order chi connectivity index (χ0) is 13.1. The summed E-state index contributed by atoms with van der Waals surface area (Å²) in [5.74, 6) is -0.802. The van der Waals surface area contributed by atoms with Gasteiger partial charge in [-0.25, -0.2) is 0 Å². The van der Waals surface area contributed by atoms with Gasteiger partial charge in [-0.05, 0) is 19.1 Å². The fraction of sp³-hybridized carbons (Fsp3) is 0.385. The molecule has 1 heterocycles. The Kier molecular flexibility index (Phi) is 3.50. The number of likely N-dealkylation sites (tertiary alicyclic amines) is 1. The molecule has 0 atom stereocenters. The van der Waals surface area contributed by atoms with Gasteiger partial charge in [0.2, 0.25) is 0 Å². The molecular formula is C13H15NO4. The van der Waals surface area contributed by atoms with Gasteiger partial charge in [-0.3, -0.25) is 9.59 Å². The third-order valence-corrected chi connectivity index (χ3v) is 2.97.